The van der Waals surface area contributed by atoms with Crippen LogP contribution in [0.15, 0.2) is 30.3 Å². The SMILES string of the molecule is Cc1cccc(N2CCN(C(=O)c3cc(F)c(F)cc3Cl)CC2)c1C. The van der Waals surface area contributed by atoms with Gasteiger partial charge in [0.05, 0.1) is 10.6 Å². The van der Waals surface area contributed by atoms with Crippen molar-refractivity contribution in [1.29, 1.82) is 0 Å². The molecule has 6 heteroatoms. The summed E-state index contributed by atoms with van der Waals surface area (Å²) >= 11 is 5.91. The van der Waals surface area contributed by atoms with Crippen LogP contribution >= 0.6 is 11.6 Å². The molecule has 0 atom stereocenters. The van der Waals surface area contributed by atoms with Crippen molar-refractivity contribution in [3.63, 3.8) is 0 Å². The summed E-state index contributed by atoms with van der Waals surface area (Å²) in [6.45, 7) is 6.52. The quantitative estimate of drug-likeness (QED) is 0.746. The van der Waals surface area contributed by atoms with E-state index in [4.69, 9.17) is 11.6 Å². The van der Waals surface area contributed by atoms with Gasteiger partial charge in [0.2, 0.25) is 0 Å². The maximum absolute atomic E-state index is 13.4. The fraction of sp³-hybridized carbons (Fsp3) is 0.316. The van der Waals surface area contributed by atoms with Crippen LogP contribution in [0.2, 0.25) is 5.02 Å². The molecule has 0 saturated carbocycles. The summed E-state index contributed by atoms with van der Waals surface area (Å²) in [5, 5.41) is -0.0686. The molecule has 0 bridgehead atoms. The van der Waals surface area contributed by atoms with Gasteiger partial charge in [0.1, 0.15) is 0 Å². The van der Waals surface area contributed by atoms with E-state index >= 15 is 0 Å². The second-order valence-electron chi connectivity index (χ2n) is 6.24. The molecule has 3 nitrogen and oxygen atoms in total. The zero-order valence-corrected chi connectivity index (χ0v) is 14.9. The Bertz CT molecular complexity index is 817. The first-order chi connectivity index (χ1) is 11.9. The molecule has 132 valence electrons. The van der Waals surface area contributed by atoms with Crippen LogP contribution in [0.5, 0.6) is 0 Å². The maximum Gasteiger partial charge on any atom is 0.255 e. The number of nitrogens with zero attached hydrogens (tertiary/aromatic N) is 2. The van der Waals surface area contributed by atoms with Crippen molar-refractivity contribution in [1.82, 2.24) is 4.90 Å². The molecule has 1 heterocycles. The first-order valence-corrected chi connectivity index (χ1v) is 8.51. The lowest BCUT2D eigenvalue weighted by Crippen LogP contribution is -2.49. The van der Waals surface area contributed by atoms with Gasteiger partial charge in [0, 0.05) is 31.9 Å². The Balaban J connectivity index is 1.73. The second-order valence-corrected chi connectivity index (χ2v) is 6.65. The van der Waals surface area contributed by atoms with Crippen LogP contribution in [0.4, 0.5) is 14.5 Å². The third-order valence-corrected chi connectivity index (χ3v) is 5.04. The van der Waals surface area contributed by atoms with E-state index in [2.05, 4.69) is 30.9 Å². The van der Waals surface area contributed by atoms with E-state index in [0.717, 1.165) is 17.8 Å². The van der Waals surface area contributed by atoms with Gasteiger partial charge in [-0.05, 0) is 43.2 Å². The van der Waals surface area contributed by atoms with Gasteiger partial charge < -0.3 is 9.80 Å². The van der Waals surface area contributed by atoms with Crippen LogP contribution in [0.1, 0.15) is 21.5 Å². The van der Waals surface area contributed by atoms with E-state index in [-0.39, 0.29) is 16.5 Å². The van der Waals surface area contributed by atoms with E-state index in [1.54, 1.807) is 4.90 Å². The highest BCUT2D eigenvalue weighted by Gasteiger charge is 2.25. The standard InChI is InChI=1S/C19H19ClF2N2O/c1-12-4-3-5-18(13(12)2)23-6-8-24(9-7-23)19(25)14-10-16(21)17(22)11-15(14)20/h3-5,10-11H,6-9H2,1-2H3. The third kappa shape index (κ3) is 3.47. The summed E-state index contributed by atoms with van der Waals surface area (Å²) in [6.07, 6.45) is 0. The van der Waals surface area contributed by atoms with Crippen molar-refractivity contribution in [2.45, 2.75) is 13.8 Å². The fourth-order valence-electron chi connectivity index (χ4n) is 3.09. The predicted octanol–water partition coefficient (Wildman–Crippen LogP) is 4.20. The molecule has 1 amide bonds. The molecule has 0 spiro atoms. The summed E-state index contributed by atoms with van der Waals surface area (Å²) in [5.41, 5.74) is 3.62. The van der Waals surface area contributed by atoms with Crippen molar-refractivity contribution in [2.75, 3.05) is 31.1 Å². The van der Waals surface area contributed by atoms with Crippen LogP contribution < -0.4 is 4.90 Å². The van der Waals surface area contributed by atoms with Crippen molar-refractivity contribution in [3.8, 4) is 0 Å². The van der Waals surface area contributed by atoms with Crippen LogP contribution in [0.3, 0.4) is 0 Å². The summed E-state index contributed by atoms with van der Waals surface area (Å²) in [4.78, 5) is 16.4. The first kappa shape index (κ1) is 17.7. The summed E-state index contributed by atoms with van der Waals surface area (Å²) in [5.74, 6) is -2.49. The Kier molecular flexibility index (Phi) is 4.95. The number of carbonyl (C=O) groups is 1. The van der Waals surface area contributed by atoms with Gasteiger partial charge in [-0.25, -0.2) is 8.78 Å². The maximum atomic E-state index is 13.4. The van der Waals surface area contributed by atoms with Gasteiger partial charge in [-0.3, -0.25) is 4.79 Å². The van der Waals surface area contributed by atoms with Crippen LogP contribution in [0.25, 0.3) is 0 Å². The van der Waals surface area contributed by atoms with E-state index in [0.29, 0.717) is 26.2 Å². The van der Waals surface area contributed by atoms with Crippen molar-refractivity contribution >= 4 is 23.2 Å². The zero-order chi connectivity index (χ0) is 18.1. The van der Waals surface area contributed by atoms with Crippen LogP contribution in [-0.2, 0) is 0 Å². The van der Waals surface area contributed by atoms with E-state index in [1.165, 1.54) is 11.1 Å². The van der Waals surface area contributed by atoms with Gasteiger partial charge in [-0.1, -0.05) is 23.7 Å². The molecular formula is C19H19ClF2N2O. The van der Waals surface area contributed by atoms with Crippen molar-refractivity contribution in [3.05, 3.63) is 63.7 Å². The Morgan fingerprint density at radius 3 is 2.36 bits per heavy atom. The largest absolute Gasteiger partial charge is 0.368 e. The molecular weight excluding hydrogens is 346 g/mol. The van der Waals surface area contributed by atoms with E-state index in [1.807, 2.05) is 6.07 Å². The normalized spacial score (nSPS) is 14.8. The van der Waals surface area contributed by atoms with E-state index in [9.17, 15) is 13.6 Å². The average molecular weight is 365 g/mol. The lowest BCUT2D eigenvalue weighted by molar-refractivity contribution is 0.0746. The number of piperazine rings is 1. The fourth-order valence-corrected chi connectivity index (χ4v) is 3.32. The number of benzene rings is 2. The molecule has 0 aliphatic carbocycles. The predicted molar refractivity (Wildman–Crippen MR) is 95.4 cm³/mol. The highest BCUT2D eigenvalue weighted by molar-refractivity contribution is 6.33. The number of anilines is 1. The molecule has 0 aromatic heterocycles. The molecule has 0 N–H and O–H groups in total. The molecule has 1 aliphatic heterocycles. The number of amides is 1. The summed E-state index contributed by atoms with van der Waals surface area (Å²) < 4.78 is 26.6. The number of aryl methyl sites for hydroxylation is 1. The molecule has 0 radical (unpaired) electrons. The summed E-state index contributed by atoms with van der Waals surface area (Å²) in [6, 6.07) is 7.89. The first-order valence-electron chi connectivity index (χ1n) is 8.13. The monoisotopic (exact) mass is 364 g/mol. The summed E-state index contributed by atoms with van der Waals surface area (Å²) in [7, 11) is 0. The minimum atomic E-state index is -1.07. The Labute approximate surface area is 150 Å². The molecule has 2 aromatic carbocycles. The van der Waals surface area contributed by atoms with Gasteiger partial charge >= 0.3 is 0 Å². The zero-order valence-electron chi connectivity index (χ0n) is 14.2. The minimum absolute atomic E-state index is 0.000697. The van der Waals surface area contributed by atoms with Gasteiger partial charge in [-0.2, -0.15) is 0 Å². The topological polar surface area (TPSA) is 23.6 Å². The van der Waals surface area contributed by atoms with Gasteiger partial charge in [0.25, 0.3) is 5.91 Å². The molecule has 2 aromatic rings. The van der Waals surface area contributed by atoms with E-state index < -0.39 is 11.6 Å². The van der Waals surface area contributed by atoms with Crippen LogP contribution in [0, 0.1) is 25.5 Å². The Morgan fingerprint density at radius 1 is 1.04 bits per heavy atom. The molecule has 1 fully saturated rings. The number of hydrogen-bond donors (Lipinski definition) is 0. The number of hydrogen-bond acceptors (Lipinski definition) is 2. The average Bonchev–Trinajstić information content (AvgIpc) is 2.60. The van der Waals surface area contributed by atoms with Gasteiger partial charge in [0.15, 0.2) is 11.6 Å². The van der Waals surface area contributed by atoms with Crippen molar-refractivity contribution in [2.24, 2.45) is 0 Å². The Morgan fingerprint density at radius 2 is 1.68 bits per heavy atom. The second kappa shape index (κ2) is 7.00. The lowest BCUT2D eigenvalue weighted by atomic mass is 10.1. The van der Waals surface area contributed by atoms with Crippen LogP contribution in [-0.4, -0.2) is 37.0 Å². The molecule has 1 aliphatic rings. The molecule has 1 saturated heterocycles. The highest BCUT2D eigenvalue weighted by Crippen LogP contribution is 2.26. The number of halogens is 3. The molecule has 0 unspecified atom stereocenters. The Hall–Kier alpha value is -2.14. The van der Waals surface area contributed by atoms with Gasteiger partial charge in [-0.15, -0.1) is 0 Å². The van der Waals surface area contributed by atoms with Crippen molar-refractivity contribution < 1.29 is 13.6 Å². The smallest absolute Gasteiger partial charge is 0.255 e. The molecule has 3 rings (SSSR count). The minimum Gasteiger partial charge on any atom is -0.368 e. The number of carbonyl (C=O) groups excluding carboxylic acids is 1. The number of rotatable bonds is 2. The third-order valence-electron chi connectivity index (χ3n) is 4.72. The molecule has 25 heavy (non-hydrogen) atoms. The lowest BCUT2D eigenvalue weighted by Gasteiger charge is -2.37. The highest BCUT2D eigenvalue weighted by atomic mass is 35.5.